The lowest BCUT2D eigenvalue weighted by atomic mass is 9.92. The van der Waals surface area contributed by atoms with Crippen molar-refractivity contribution in [3.63, 3.8) is 0 Å². The van der Waals surface area contributed by atoms with Crippen LogP contribution in [0.5, 0.6) is 0 Å². The second kappa shape index (κ2) is 15.5. The van der Waals surface area contributed by atoms with Crippen LogP contribution in [0.2, 0.25) is 0 Å². The van der Waals surface area contributed by atoms with Gasteiger partial charge in [0.25, 0.3) is 0 Å². The summed E-state index contributed by atoms with van der Waals surface area (Å²) >= 11 is 0. The largest absolute Gasteiger partial charge is 0.463 e. The Morgan fingerprint density at radius 1 is 0.886 bits per heavy atom. The maximum absolute atomic E-state index is 13.8. The number of carbonyl (C=O) groups is 3. The van der Waals surface area contributed by atoms with Gasteiger partial charge in [0.1, 0.15) is 6.61 Å². The number of nitrogens with one attached hydrogen (secondary N) is 1. The molecule has 7 heteroatoms. The molecule has 7 nitrogen and oxygen atoms in total. The van der Waals surface area contributed by atoms with E-state index < -0.39 is 12.0 Å². The summed E-state index contributed by atoms with van der Waals surface area (Å²) < 4.78 is 5.89. The Morgan fingerprint density at radius 3 is 2.34 bits per heavy atom. The SMILES string of the molecule is O=C1NC(c2ccccc2)COC(=O)C(Cc2ccccc2)CCCC=CCC1CC(=O)N1Cc2ccccc2CC1CO. The molecule has 2 N–H and O–H groups in total. The molecule has 4 atom stereocenters. The van der Waals surface area contributed by atoms with Crippen molar-refractivity contribution >= 4 is 17.8 Å². The van der Waals surface area contributed by atoms with E-state index in [0.717, 1.165) is 35.1 Å². The molecule has 2 aliphatic rings. The monoisotopic (exact) mass is 594 g/mol. The minimum Gasteiger partial charge on any atom is -0.463 e. The van der Waals surface area contributed by atoms with Gasteiger partial charge < -0.3 is 20.1 Å². The second-order valence-corrected chi connectivity index (χ2v) is 11.9. The zero-order valence-electron chi connectivity index (χ0n) is 25.1. The van der Waals surface area contributed by atoms with Gasteiger partial charge in [0.2, 0.25) is 11.8 Å². The molecular formula is C37H42N2O5. The first kappa shape index (κ1) is 31.2. The number of carbonyl (C=O) groups excluding carboxylic acids is 3. The number of benzene rings is 3. The first-order chi connectivity index (χ1) is 21.5. The Bertz CT molecular complexity index is 1420. The highest BCUT2D eigenvalue weighted by molar-refractivity contribution is 5.86. The predicted molar refractivity (Wildman–Crippen MR) is 169 cm³/mol. The van der Waals surface area contributed by atoms with Crippen LogP contribution < -0.4 is 5.32 Å². The minimum atomic E-state index is -0.606. The molecule has 0 spiro atoms. The third-order valence-corrected chi connectivity index (χ3v) is 8.76. The van der Waals surface area contributed by atoms with Crippen molar-refractivity contribution in [3.8, 4) is 0 Å². The predicted octanol–water partition coefficient (Wildman–Crippen LogP) is 5.33. The quantitative estimate of drug-likeness (QED) is 0.297. The van der Waals surface area contributed by atoms with Crippen molar-refractivity contribution in [2.45, 2.75) is 63.6 Å². The zero-order chi connectivity index (χ0) is 30.7. The standard InChI is InChI=1S/C37H42N2O5/c40-25-33-22-29-17-11-12-20-32(29)24-39(33)35(41)23-30-18-7-1-2-8-19-31(21-27-13-5-3-6-14-27)37(43)44-26-34(38-36(30)42)28-15-9-4-10-16-28/h1,3-7,9-17,20,30-31,33-34,40H,2,8,18-19,21-26H2,(H,38,42). The van der Waals surface area contributed by atoms with Crippen molar-refractivity contribution < 1.29 is 24.2 Å². The van der Waals surface area contributed by atoms with Crippen LogP contribution in [0.4, 0.5) is 0 Å². The molecule has 2 amide bonds. The van der Waals surface area contributed by atoms with Crippen LogP contribution in [-0.4, -0.2) is 47.0 Å². The van der Waals surface area contributed by atoms with E-state index in [0.29, 0.717) is 32.2 Å². The van der Waals surface area contributed by atoms with Gasteiger partial charge in [-0.1, -0.05) is 97.1 Å². The average Bonchev–Trinajstić information content (AvgIpc) is 3.06. The van der Waals surface area contributed by atoms with Gasteiger partial charge in [0.05, 0.1) is 30.5 Å². The number of hydrogen-bond donors (Lipinski definition) is 2. The van der Waals surface area contributed by atoms with Gasteiger partial charge in [-0.05, 0) is 60.8 Å². The summed E-state index contributed by atoms with van der Waals surface area (Å²) in [6.07, 6.45) is 7.93. The van der Waals surface area contributed by atoms with Gasteiger partial charge in [0, 0.05) is 13.0 Å². The number of esters is 1. The summed E-state index contributed by atoms with van der Waals surface area (Å²) in [5, 5.41) is 13.2. The molecule has 0 saturated heterocycles. The molecule has 2 aliphatic heterocycles. The molecule has 44 heavy (non-hydrogen) atoms. The van der Waals surface area contributed by atoms with E-state index in [4.69, 9.17) is 4.74 Å². The molecule has 0 saturated carbocycles. The highest BCUT2D eigenvalue weighted by atomic mass is 16.5. The first-order valence-electron chi connectivity index (χ1n) is 15.7. The third kappa shape index (κ3) is 8.23. The van der Waals surface area contributed by atoms with Gasteiger partial charge in [-0.15, -0.1) is 0 Å². The maximum atomic E-state index is 13.8. The molecule has 0 bridgehead atoms. The van der Waals surface area contributed by atoms with Crippen LogP contribution in [0.15, 0.2) is 97.1 Å². The molecule has 0 radical (unpaired) electrons. The van der Waals surface area contributed by atoms with E-state index in [-0.39, 0.29) is 49.4 Å². The van der Waals surface area contributed by atoms with E-state index in [1.54, 1.807) is 4.90 Å². The molecule has 3 aromatic rings. The highest BCUT2D eigenvalue weighted by Gasteiger charge is 2.33. The lowest BCUT2D eigenvalue weighted by Gasteiger charge is -2.36. The van der Waals surface area contributed by atoms with Crippen molar-refractivity contribution in [3.05, 3.63) is 119 Å². The molecular weight excluding hydrogens is 552 g/mol. The molecule has 4 unspecified atom stereocenters. The van der Waals surface area contributed by atoms with Gasteiger partial charge in [-0.3, -0.25) is 14.4 Å². The summed E-state index contributed by atoms with van der Waals surface area (Å²) in [5.74, 6) is -1.56. The molecule has 0 aliphatic carbocycles. The second-order valence-electron chi connectivity index (χ2n) is 11.9. The fourth-order valence-electron chi connectivity index (χ4n) is 6.20. The Morgan fingerprint density at radius 2 is 1.59 bits per heavy atom. The molecule has 0 aromatic heterocycles. The maximum Gasteiger partial charge on any atom is 0.309 e. The summed E-state index contributed by atoms with van der Waals surface area (Å²) in [4.78, 5) is 42.6. The Kier molecular flexibility index (Phi) is 11.0. The van der Waals surface area contributed by atoms with E-state index in [9.17, 15) is 19.5 Å². The summed E-state index contributed by atoms with van der Waals surface area (Å²) in [5.41, 5.74) is 4.12. The first-order valence-corrected chi connectivity index (χ1v) is 15.7. The summed E-state index contributed by atoms with van der Waals surface area (Å²) in [6, 6.07) is 26.5. The number of cyclic esters (lactones) is 1. The van der Waals surface area contributed by atoms with Crippen molar-refractivity contribution in [1.29, 1.82) is 0 Å². The smallest absolute Gasteiger partial charge is 0.309 e. The Labute approximate surface area is 259 Å². The van der Waals surface area contributed by atoms with Crippen LogP contribution in [0.3, 0.4) is 0 Å². The summed E-state index contributed by atoms with van der Waals surface area (Å²) in [7, 11) is 0. The number of fused-ring (bicyclic) bond motifs is 1. The molecule has 0 fully saturated rings. The highest BCUT2D eigenvalue weighted by Crippen LogP contribution is 2.26. The van der Waals surface area contributed by atoms with E-state index in [1.807, 2.05) is 97.1 Å². The van der Waals surface area contributed by atoms with Crippen LogP contribution in [0.1, 0.15) is 60.4 Å². The van der Waals surface area contributed by atoms with Crippen LogP contribution >= 0.6 is 0 Å². The van der Waals surface area contributed by atoms with Gasteiger partial charge >= 0.3 is 5.97 Å². The van der Waals surface area contributed by atoms with Gasteiger partial charge in [-0.2, -0.15) is 0 Å². The van der Waals surface area contributed by atoms with Crippen molar-refractivity contribution in [1.82, 2.24) is 10.2 Å². The lowest BCUT2D eigenvalue weighted by Crippen LogP contribution is -2.47. The molecule has 230 valence electrons. The number of nitrogens with zero attached hydrogens (tertiary/aromatic N) is 1. The van der Waals surface area contributed by atoms with E-state index >= 15 is 0 Å². The zero-order valence-corrected chi connectivity index (χ0v) is 25.1. The van der Waals surface area contributed by atoms with Crippen LogP contribution in [-0.2, 0) is 38.5 Å². The number of rotatable bonds is 6. The van der Waals surface area contributed by atoms with Crippen LogP contribution in [0, 0.1) is 11.8 Å². The number of aliphatic hydroxyl groups excluding tert-OH is 1. The average molecular weight is 595 g/mol. The fraction of sp³-hybridized carbons (Fsp3) is 0.378. The van der Waals surface area contributed by atoms with E-state index in [2.05, 4.69) is 5.32 Å². The van der Waals surface area contributed by atoms with Gasteiger partial charge in [-0.25, -0.2) is 0 Å². The number of allylic oxidation sites excluding steroid dienone is 2. The number of aliphatic hydroxyl groups is 1. The number of amides is 2. The molecule has 2 heterocycles. The normalized spacial score (nSPS) is 23.2. The van der Waals surface area contributed by atoms with Crippen LogP contribution in [0.25, 0.3) is 0 Å². The third-order valence-electron chi connectivity index (χ3n) is 8.76. The van der Waals surface area contributed by atoms with E-state index in [1.165, 1.54) is 0 Å². The van der Waals surface area contributed by atoms with Gasteiger partial charge in [0.15, 0.2) is 0 Å². The molecule has 5 rings (SSSR count). The van der Waals surface area contributed by atoms with Crippen molar-refractivity contribution in [2.75, 3.05) is 13.2 Å². The lowest BCUT2D eigenvalue weighted by molar-refractivity contribution is -0.150. The fourth-order valence-corrected chi connectivity index (χ4v) is 6.20. The topological polar surface area (TPSA) is 95.9 Å². The number of ether oxygens (including phenoxy) is 1. The molecule has 3 aromatic carbocycles. The minimum absolute atomic E-state index is 0.00583. The summed E-state index contributed by atoms with van der Waals surface area (Å²) in [6.45, 7) is 0.284. The number of hydrogen-bond acceptors (Lipinski definition) is 5. The Balaban J connectivity index is 1.34. The van der Waals surface area contributed by atoms with Crippen molar-refractivity contribution in [2.24, 2.45) is 11.8 Å². The Hall–Kier alpha value is -4.23.